The van der Waals surface area contributed by atoms with Crippen LogP contribution in [0.15, 0.2) is 23.4 Å². The number of aromatic amines is 1. The number of benzene rings is 1. The summed E-state index contributed by atoms with van der Waals surface area (Å²) < 4.78 is 0. The number of amides is 1. The van der Waals surface area contributed by atoms with Crippen LogP contribution in [-0.2, 0) is 17.6 Å². The Bertz CT molecular complexity index is 772. The van der Waals surface area contributed by atoms with Crippen LogP contribution in [0, 0.1) is 0 Å². The minimum absolute atomic E-state index is 0.00307. The van der Waals surface area contributed by atoms with Gasteiger partial charge in [0.15, 0.2) is 5.78 Å². The summed E-state index contributed by atoms with van der Waals surface area (Å²) in [5.74, 6) is 0.946. The molecule has 1 aliphatic rings. The van der Waals surface area contributed by atoms with Gasteiger partial charge in [-0.15, -0.1) is 5.10 Å². The largest absolute Gasteiger partial charge is 0.295 e. The van der Waals surface area contributed by atoms with Gasteiger partial charge in [-0.2, -0.15) is 4.98 Å². The topological polar surface area (TPSA) is 87.7 Å². The zero-order valence-corrected chi connectivity index (χ0v) is 15.1. The first kappa shape index (κ1) is 17.7. The van der Waals surface area contributed by atoms with Crippen LogP contribution < -0.4 is 5.32 Å². The number of nitrogens with zero attached hydrogens (tertiary/aromatic N) is 2. The normalized spacial score (nSPS) is 13.3. The van der Waals surface area contributed by atoms with Crippen LogP contribution in [0.1, 0.15) is 54.1 Å². The van der Waals surface area contributed by atoms with Crippen molar-refractivity contribution in [3.05, 3.63) is 34.9 Å². The smallest absolute Gasteiger partial charge is 0.227 e. The van der Waals surface area contributed by atoms with Crippen molar-refractivity contribution in [1.82, 2.24) is 15.2 Å². The van der Waals surface area contributed by atoms with Gasteiger partial charge < -0.3 is 0 Å². The first-order chi connectivity index (χ1) is 12.2. The number of thioether (sulfide) groups is 1. The Morgan fingerprint density at radius 3 is 2.80 bits per heavy atom. The van der Waals surface area contributed by atoms with Crippen molar-refractivity contribution in [2.45, 2.75) is 50.6 Å². The van der Waals surface area contributed by atoms with Gasteiger partial charge in [-0.25, -0.2) is 5.10 Å². The third-order valence-electron chi connectivity index (χ3n) is 4.25. The van der Waals surface area contributed by atoms with Gasteiger partial charge in [0.05, 0.1) is 0 Å². The van der Waals surface area contributed by atoms with Gasteiger partial charge in [0, 0.05) is 18.4 Å². The Labute approximate surface area is 151 Å². The molecule has 0 radical (unpaired) electrons. The second-order valence-electron chi connectivity index (χ2n) is 6.06. The Morgan fingerprint density at radius 2 is 2.00 bits per heavy atom. The van der Waals surface area contributed by atoms with E-state index in [1.807, 2.05) is 19.1 Å². The molecular weight excluding hydrogens is 336 g/mol. The fourth-order valence-electron chi connectivity index (χ4n) is 2.97. The molecule has 0 unspecified atom stereocenters. The SMILES string of the molecule is CCSc1n[nH]c(NC(=O)CCC(=O)c2ccc3c(c2)CCCC3)n1. The maximum Gasteiger partial charge on any atom is 0.227 e. The van der Waals surface area contributed by atoms with Crippen molar-refractivity contribution in [2.75, 3.05) is 11.1 Å². The number of hydrogen-bond donors (Lipinski definition) is 2. The molecule has 1 aromatic heterocycles. The Hall–Kier alpha value is -2.15. The van der Waals surface area contributed by atoms with Gasteiger partial charge >= 0.3 is 0 Å². The molecule has 1 amide bonds. The lowest BCUT2D eigenvalue weighted by atomic mass is 9.89. The van der Waals surface area contributed by atoms with E-state index in [0.717, 1.165) is 18.6 Å². The highest BCUT2D eigenvalue weighted by molar-refractivity contribution is 7.99. The minimum Gasteiger partial charge on any atom is -0.295 e. The number of Topliss-reactive ketones (excluding diaryl/α,β-unsaturated/α-hetero) is 1. The Balaban J connectivity index is 1.52. The third-order valence-corrected chi connectivity index (χ3v) is 4.98. The molecule has 1 aliphatic carbocycles. The Morgan fingerprint density at radius 1 is 1.20 bits per heavy atom. The van der Waals surface area contributed by atoms with E-state index in [1.54, 1.807) is 0 Å². The van der Waals surface area contributed by atoms with Crippen LogP contribution in [0.25, 0.3) is 0 Å². The predicted octanol–water partition coefficient (Wildman–Crippen LogP) is 3.40. The second-order valence-corrected chi connectivity index (χ2v) is 7.29. The van der Waals surface area contributed by atoms with Gasteiger partial charge in [0.1, 0.15) is 0 Å². The summed E-state index contributed by atoms with van der Waals surface area (Å²) in [6.45, 7) is 2.01. The van der Waals surface area contributed by atoms with Crippen LogP contribution in [0.4, 0.5) is 5.95 Å². The van der Waals surface area contributed by atoms with Gasteiger partial charge in [-0.05, 0) is 48.6 Å². The van der Waals surface area contributed by atoms with E-state index in [0.29, 0.717) is 16.7 Å². The molecule has 0 saturated heterocycles. The number of carbonyl (C=O) groups is 2. The number of hydrogen-bond acceptors (Lipinski definition) is 5. The zero-order chi connectivity index (χ0) is 17.6. The van der Waals surface area contributed by atoms with Crippen molar-refractivity contribution >= 4 is 29.4 Å². The summed E-state index contributed by atoms with van der Waals surface area (Å²) in [4.78, 5) is 28.5. The molecule has 0 saturated carbocycles. The number of H-pyrrole nitrogens is 1. The van der Waals surface area contributed by atoms with Crippen LogP contribution in [0.3, 0.4) is 0 Å². The maximum atomic E-state index is 12.4. The fraction of sp³-hybridized carbons (Fsp3) is 0.444. The molecule has 25 heavy (non-hydrogen) atoms. The van der Waals surface area contributed by atoms with E-state index in [-0.39, 0.29) is 24.5 Å². The number of ketones is 1. The minimum atomic E-state index is -0.240. The average Bonchev–Trinajstić information content (AvgIpc) is 3.06. The van der Waals surface area contributed by atoms with Gasteiger partial charge in [-0.1, -0.05) is 30.8 Å². The van der Waals surface area contributed by atoms with Crippen LogP contribution in [0.5, 0.6) is 0 Å². The summed E-state index contributed by atoms with van der Waals surface area (Å²) in [7, 11) is 0. The molecule has 1 heterocycles. The number of anilines is 1. The molecule has 7 heteroatoms. The average molecular weight is 358 g/mol. The highest BCUT2D eigenvalue weighted by Gasteiger charge is 2.15. The lowest BCUT2D eigenvalue weighted by Gasteiger charge is -2.16. The molecule has 6 nitrogen and oxygen atoms in total. The number of aromatic nitrogens is 3. The number of rotatable bonds is 7. The van der Waals surface area contributed by atoms with E-state index < -0.39 is 0 Å². The Kier molecular flexibility index (Phi) is 5.86. The summed E-state index contributed by atoms with van der Waals surface area (Å²) >= 11 is 1.49. The molecule has 0 spiro atoms. The van der Waals surface area contributed by atoms with Gasteiger partial charge in [0.25, 0.3) is 0 Å². The summed E-state index contributed by atoms with van der Waals surface area (Å²) in [6, 6.07) is 5.94. The molecule has 2 N–H and O–H groups in total. The molecule has 0 bridgehead atoms. The lowest BCUT2D eigenvalue weighted by molar-refractivity contribution is -0.116. The van der Waals surface area contributed by atoms with Crippen molar-refractivity contribution in [2.24, 2.45) is 0 Å². The van der Waals surface area contributed by atoms with E-state index in [1.165, 1.54) is 35.7 Å². The number of nitrogens with one attached hydrogen (secondary N) is 2. The second kappa shape index (κ2) is 8.29. The van der Waals surface area contributed by atoms with Crippen LogP contribution in [-0.4, -0.2) is 32.6 Å². The number of carbonyl (C=O) groups excluding carboxylic acids is 2. The maximum absolute atomic E-state index is 12.4. The quantitative estimate of drug-likeness (QED) is 0.585. The standard InChI is InChI=1S/C18H22N4O2S/c1-2-25-18-20-17(21-22-18)19-16(24)10-9-15(23)14-8-7-12-5-3-4-6-13(12)11-14/h7-8,11H,2-6,9-10H2,1H3,(H2,19,20,21,22,24). The molecule has 1 aromatic carbocycles. The van der Waals surface area contributed by atoms with Crippen molar-refractivity contribution < 1.29 is 9.59 Å². The molecule has 0 atom stereocenters. The van der Waals surface area contributed by atoms with Crippen LogP contribution in [0.2, 0.25) is 0 Å². The monoisotopic (exact) mass is 358 g/mol. The van der Waals surface area contributed by atoms with Crippen LogP contribution >= 0.6 is 11.8 Å². The predicted molar refractivity (Wildman–Crippen MR) is 98.1 cm³/mol. The number of fused-ring (bicyclic) bond motifs is 1. The molecule has 3 rings (SSSR count). The van der Waals surface area contributed by atoms with Crippen molar-refractivity contribution in [1.29, 1.82) is 0 Å². The van der Waals surface area contributed by atoms with E-state index in [9.17, 15) is 9.59 Å². The summed E-state index contributed by atoms with van der Waals surface area (Å²) in [5.41, 5.74) is 3.34. The number of aryl methyl sites for hydroxylation is 2. The first-order valence-corrected chi connectivity index (χ1v) is 9.64. The summed E-state index contributed by atoms with van der Waals surface area (Å²) in [6.07, 6.45) is 4.87. The van der Waals surface area contributed by atoms with E-state index >= 15 is 0 Å². The molecular formula is C18H22N4O2S. The van der Waals surface area contributed by atoms with Crippen molar-refractivity contribution in [3.8, 4) is 0 Å². The van der Waals surface area contributed by atoms with Crippen molar-refractivity contribution in [3.63, 3.8) is 0 Å². The molecule has 0 fully saturated rings. The zero-order valence-electron chi connectivity index (χ0n) is 14.3. The van der Waals surface area contributed by atoms with Gasteiger partial charge in [0.2, 0.25) is 17.0 Å². The van der Waals surface area contributed by atoms with Gasteiger partial charge in [-0.3, -0.25) is 14.9 Å². The molecule has 2 aromatic rings. The lowest BCUT2D eigenvalue weighted by Crippen LogP contribution is -2.14. The third kappa shape index (κ3) is 4.69. The van der Waals surface area contributed by atoms with E-state index in [4.69, 9.17) is 0 Å². The fourth-order valence-corrected chi connectivity index (χ4v) is 3.49. The first-order valence-electron chi connectivity index (χ1n) is 8.65. The van der Waals surface area contributed by atoms with E-state index in [2.05, 4.69) is 26.6 Å². The molecule has 132 valence electrons. The highest BCUT2D eigenvalue weighted by atomic mass is 32.2. The summed E-state index contributed by atoms with van der Waals surface area (Å²) in [5, 5.41) is 9.91. The highest BCUT2D eigenvalue weighted by Crippen LogP contribution is 2.23. The molecule has 0 aliphatic heterocycles.